The SMILES string of the molecule is CCn1c(S[C@@H](C(=O)NC(N)=O)C(C)C)nc2sc3c(c2c1=O)CCCC3. The Hall–Kier alpha value is -1.87. The van der Waals surface area contributed by atoms with Gasteiger partial charge < -0.3 is 5.73 Å². The van der Waals surface area contributed by atoms with Gasteiger partial charge in [-0.25, -0.2) is 9.78 Å². The van der Waals surface area contributed by atoms with Gasteiger partial charge in [-0.05, 0) is 44.1 Å². The molecular weight excluding hydrogens is 384 g/mol. The zero-order chi connectivity index (χ0) is 19.7. The first kappa shape index (κ1) is 19.9. The minimum atomic E-state index is -0.881. The van der Waals surface area contributed by atoms with Crippen molar-refractivity contribution in [2.75, 3.05) is 0 Å². The van der Waals surface area contributed by atoms with Gasteiger partial charge in [0.25, 0.3) is 5.56 Å². The number of fused-ring (bicyclic) bond motifs is 3. The van der Waals surface area contributed by atoms with Gasteiger partial charge >= 0.3 is 6.03 Å². The van der Waals surface area contributed by atoms with E-state index in [2.05, 4.69) is 5.32 Å². The fourth-order valence-electron chi connectivity index (χ4n) is 3.39. The van der Waals surface area contributed by atoms with Gasteiger partial charge in [0.15, 0.2) is 5.16 Å². The van der Waals surface area contributed by atoms with Crippen LogP contribution in [0.25, 0.3) is 10.2 Å². The van der Waals surface area contributed by atoms with E-state index in [1.165, 1.54) is 16.6 Å². The molecule has 7 nitrogen and oxygen atoms in total. The highest BCUT2D eigenvalue weighted by Gasteiger charge is 2.28. The number of carbonyl (C=O) groups excluding carboxylic acids is 2. The Morgan fingerprint density at radius 3 is 2.67 bits per heavy atom. The number of hydrogen-bond donors (Lipinski definition) is 2. The molecule has 146 valence electrons. The lowest BCUT2D eigenvalue weighted by atomic mass is 9.97. The molecule has 2 aromatic rings. The average molecular weight is 409 g/mol. The molecule has 0 aromatic carbocycles. The quantitative estimate of drug-likeness (QED) is 0.584. The third kappa shape index (κ3) is 3.89. The van der Waals surface area contributed by atoms with Gasteiger partial charge in [-0.2, -0.15) is 0 Å². The second kappa shape index (κ2) is 8.02. The normalized spacial score (nSPS) is 15.0. The van der Waals surface area contributed by atoms with Crippen LogP contribution in [-0.2, 0) is 24.2 Å². The number of thioether (sulfide) groups is 1. The Labute approximate surface area is 165 Å². The zero-order valence-electron chi connectivity index (χ0n) is 15.7. The van der Waals surface area contributed by atoms with Gasteiger partial charge in [-0.3, -0.25) is 19.5 Å². The highest BCUT2D eigenvalue weighted by molar-refractivity contribution is 8.00. The molecule has 0 saturated carbocycles. The number of urea groups is 1. The Morgan fingerprint density at radius 2 is 2.04 bits per heavy atom. The van der Waals surface area contributed by atoms with Gasteiger partial charge in [0.1, 0.15) is 4.83 Å². The van der Waals surface area contributed by atoms with Crippen LogP contribution in [0.15, 0.2) is 9.95 Å². The van der Waals surface area contributed by atoms with E-state index in [0.29, 0.717) is 11.7 Å². The van der Waals surface area contributed by atoms with Crippen molar-refractivity contribution in [1.82, 2.24) is 14.9 Å². The summed E-state index contributed by atoms with van der Waals surface area (Å²) < 4.78 is 1.63. The minimum Gasteiger partial charge on any atom is -0.351 e. The fraction of sp³-hybridized carbons (Fsp3) is 0.556. The third-order valence-corrected chi connectivity index (χ3v) is 7.42. The number of nitrogens with one attached hydrogen (secondary N) is 1. The predicted molar refractivity (Wildman–Crippen MR) is 108 cm³/mol. The number of carbonyl (C=O) groups is 2. The average Bonchev–Trinajstić information content (AvgIpc) is 2.97. The van der Waals surface area contributed by atoms with Gasteiger partial charge in [0.05, 0.1) is 10.6 Å². The molecule has 2 aromatic heterocycles. The molecule has 0 bridgehead atoms. The number of aromatic nitrogens is 2. The highest BCUT2D eigenvalue weighted by atomic mass is 32.2. The summed E-state index contributed by atoms with van der Waals surface area (Å²) in [5, 5.41) is 2.81. The first-order chi connectivity index (χ1) is 12.8. The molecule has 0 unspecified atom stereocenters. The van der Waals surface area contributed by atoms with E-state index in [-0.39, 0.29) is 11.5 Å². The van der Waals surface area contributed by atoms with E-state index in [1.54, 1.807) is 15.9 Å². The van der Waals surface area contributed by atoms with Crippen LogP contribution in [0.1, 0.15) is 44.1 Å². The van der Waals surface area contributed by atoms with E-state index in [1.807, 2.05) is 20.8 Å². The van der Waals surface area contributed by atoms with Crippen molar-refractivity contribution in [2.24, 2.45) is 11.7 Å². The Kier molecular flexibility index (Phi) is 5.90. The van der Waals surface area contributed by atoms with Crippen molar-refractivity contribution in [3.63, 3.8) is 0 Å². The van der Waals surface area contributed by atoms with Crippen molar-refractivity contribution in [2.45, 2.75) is 63.4 Å². The van der Waals surface area contributed by atoms with Crippen molar-refractivity contribution >= 4 is 45.3 Å². The number of nitrogens with zero attached hydrogens (tertiary/aromatic N) is 2. The number of rotatable bonds is 5. The van der Waals surface area contributed by atoms with Crippen LogP contribution < -0.4 is 16.6 Å². The lowest BCUT2D eigenvalue weighted by molar-refractivity contribution is -0.120. The zero-order valence-corrected chi connectivity index (χ0v) is 17.3. The molecule has 3 amide bonds. The van der Waals surface area contributed by atoms with Crippen LogP contribution in [0.2, 0.25) is 0 Å². The summed E-state index contributed by atoms with van der Waals surface area (Å²) in [6, 6.07) is -0.881. The number of primary amides is 1. The van der Waals surface area contributed by atoms with Crippen LogP contribution >= 0.6 is 23.1 Å². The van der Waals surface area contributed by atoms with Gasteiger partial charge in [-0.1, -0.05) is 25.6 Å². The summed E-state index contributed by atoms with van der Waals surface area (Å²) in [5.74, 6) is -0.534. The largest absolute Gasteiger partial charge is 0.351 e. The molecule has 3 rings (SSSR count). The highest BCUT2D eigenvalue weighted by Crippen LogP contribution is 2.35. The standard InChI is InChI=1S/C18H24N4O3S2/c1-4-22-16(24)12-10-7-5-6-8-11(10)26-15(12)21-18(22)27-13(9(2)3)14(23)20-17(19)25/h9,13H,4-8H2,1-3H3,(H3,19,20,23,25)/t13-/m1/s1. The monoisotopic (exact) mass is 408 g/mol. The van der Waals surface area contributed by atoms with Crippen molar-refractivity contribution in [1.29, 1.82) is 0 Å². The summed E-state index contributed by atoms with van der Waals surface area (Å²) in [6.07, 6.45) is 4.17. The topological polar surface area (TPSA) is 107 Å². The lowest BCUT2D eigenvalue weighted by Crippen LogP contribution is -2.42. The van der Waals surface area contributed by atoms with Crippen LogP contribution in [0.3, 0.4) is 0 Å². The summed E-state index contributed by atoms with van der Waals surface area (Å²) in [5.41, 5.74) is 6.20. The second-order valence-electron chi connectivity index (χ2n) is 6.97. The molecule has 1 atom stereocenters. The molecule has 0 saturated heterocycles. The molecule has 2 heterocycles. The summed E-state index contributed by atoms with van der Waals surface area (Å²) in [7, 11) is 0. The summed E-state index contributed by atoms with van der Waals surface area (Å²) in [4.78, 5) is 43.3. The smallest absolute Gasteiger partial charge is 0.318 e. The predicted octanol–water partition coefficient (Wildman–Crippen LogP) is 2.67. The molecule has 3 N–H and O–H groups in total. The van der Waals surface area contributed by atoms with E-state index in [4.69, 9.17) is 10.7 Å². The third-order valence-electron chi connectivity index (χ3n) is 4.70. The molecule has 27 heavy (non-hydrogen) atoms. The molecule has 1 aliphatic rings. The first-order valence-corrected chi connectivity index (χ1v) is 10.8. The number of thiophene rings is 1. The number of aryl methyl sites for hydroxylation is 2. The van der Waals surface area contributed by atoms with E-state index in [0.717, 1.165) is 41.5 Å². The molecule has 9 heteroatoms. The maximum atomic E-state index is 13.2. The first-order valence-electron chi connectivity index (χ1n) is 9.15. The second-order valence-corrected chi connectivity index (χ2v) is 9.16. The van der Waals surface area contributed by atoms with Gasteiger partial charge in [0, 0.05) is 11.4 Å². The van der Waals surface area contributed by atoms with Crippen LogP contribution in [0, 0.1) is 5.92 Å². The number of hydrogen-bond acceptors (Lipinski definition) is 6. The van der Waals surface area contributed by atoms with E-state index >= 15 is 0 Å². The van der Waals surface area contributed by atoms with Gasteiger partial charge in [0.2, 0.25) is 5.91 Å². The lowest BCUT2D eigenvalue weighted by Gasteiger charge is -2.20. The summed E-state index contributed by atoms with van der Waals surface area (Å²) in [6.45, 7) is 6.13. The Bertz CT molecular complexity index is 948. The molecule has 0 spiro atoms. The number of imide groups is 1. The van der Waals surface area contributed by atoms with Crippen LogP contribution in [0.5, 0.6) is 0 Å². The fourth-order valence-corrected chi connectivity index (χ4v) is 5.85. The molecule has 0 fully saturated rings. The maximum absolute atomic E-state index is 13.2. The van der Waals surface area contributed by atoms with Crippen molar-refractivity contribution < 1.29 is 9.59 Å². The van der Waals surface area contributed by atoms with Crippen LogP contribution in [0.4, 0.5) is 4.79 Å². The maximum Gasteiger partial charge on any atom is 0.318 e. The molecule has 1 aliphatic carbocycles. The Balaban J connectivity index is 2.06. The van der Waals surface area contributed by atoms with E-state index < -0.39 is 17.2 Å². The number of nitrogens with two attached hydrogens (primary N) is 1. The molecule has 0 radical (unpaired) electrons. The molecule has 0 aliphatic heterocycles. The summed E-state index contributed by atoms with van der Waals surface area (Å²) >= 11 is 2.80. The Morgan fingerprint density at radius 1 is 1.33 bits per heavy atom. The van der Waals surface area contributed by atoms with E-state index in [9.17, 15) is 14.4 Å². The molecular formula is C18H24N4O3S2. The number of amides is 3. The minimum absolute atomic E-state index is 0.0396. The van der Waals surface area contributed by atoms with Crippen molar-refractivity contribution in [3.8, 4) is 0 Å². The van der Waals surface area contributed by atoms with Gasteiger partial charge in [-0.15, -0.1) is 11.3 Å². The van der Waals surface area contributed by atoms with Crippen molar-refractivity contribution in [3.05, 3.63) is 20.8 Å². The van der Waals surface area contributed by atoms with Crippen LogP contribution in [-0.4, -0.2) is 26.7 Å².